The molecule has 3 rings (SSSR count). The Morgan fingerprint density at radius 1 is 1.19 bits per heavy atom. The van der Waals surface area contributed by atoms with Crippen LogP contribution in [0.15, 0.2) is 53.4 Å². The van der Waals surface area contributed by atoms with E-state index in [2.05, 4.69) is 10.0 Å². The summed E-state index contributed by atoms with van der Waals surface area (Å²) in [4.78, 5) is 24.9. The van der Waals surface area contributed by atoms with Gasteiger partial charge in [-0.3, -0.25) is 9.59 Å². The minimum Gasteiger partial charge on any atom is -0.493 e. The smallest absolute Gasteiger partial charge is 0.324 e. The van der Waals surface area contributed by atoms with Gasteiger partial charge in [-0.05, 0) is 30.2 Å². The third-order valence-electron chi connectivity index (χ3n) is 4.95. The van der Waals surface area contributed by atoms with Gasteiger partial charge in [-0.25, -0.2) is 8.42 Å². The largest absolute Gasteiger partial charge is 0.493 e. The lowest BCUT2D eigenvalue weighted by Crippen LogP contribution is -2.46. The highest BCUT2D eigenvalue weighted by Gasteiger charge is 2.30. The number of hydrogen-bond donors (Lipinski definition) is 2. The Morgan fingerprint density at radius 3 is 2.66 bits per heavy atom. The predicted octanol–water partition coefficient (Wildman–Crippen LogP) is 2.83. The molecule has 1 heterocycles. The van der Waals surface area contributed by atoms with Gasteiger partial charge in [0.15, 0.2) is 6.61 Å². The van der Waals surface area contributed by atoms with E-state index in [0.717, 1.165) is 5.56 Å². The molecule has 1 unspecified atom stereocenters. The second kappa shape index (κ2) is 10.3. The fourth-order valence-corrected chi connectivity index (χ4v) is 4.91. The summed E-state index contributed by atoms with van der Waals surface area (Å²) in [6.07, 6.45) is 0.588. The number of halogens is 1. The van der Waals surface area contributed by atoms with E-state index in [1.165, 1.54) is 18.2 Å². The summed E-state index contributed by atoms with van der Waals surface area (Å²) in [5.41, 5.74) is 0.854. The van der Waals surface area contributed by atoms with Gasteiger partial charge in [-0.1, -0.05) is 49.7 Å². The number of carbonyl (C=O) groups excluding carboxylic acids is 2. The Morgan fingerprint density at radius 2 is 1.94 bits per heavy atom. The summed E-state index contributed by atoms with van der Waals surface area (Å²) in [5, 5.41) is 3.08. The molecule has 0 spiro atoms. The van der Waals surface area contributed by atoms with Gasteiger partial charge in [-0.15, -0.1) is 0 Å². The fourth-order valence-electron chi connectivity index (χ4n) is 3.28. The summed E-state index contributed by atoms with van der Waals surface area (Å²) in [6, 6.07) is 11.7. The van der Waals surface area contributed by atoms with Crippen molar-refractivity contribution >= 4 is 33.5 Å². The summed E-state index contributed by atoms with van der Waals surface area (Å²) >= 11 is 5.87. The normalized spacial score (nSPS) is 16.6. The number of rotatable bonds is 8. The Hall–Kier alpha value is -2.62. The number of hydrogen-bond acceptors (Lipinski definition) is 6. The van der Waals surface area contributed by atoms with Crippen LogP contribution in [0.2, 0.25) is 5.02 Å². The quantitative estimate of drug-likeness (QED) is 0.562. The molecule has 1 amide bonds. The molecule has 2 aromatic carbocycles. The summed E-state index contributed by atoms with van der Waals surface area (Å²) in [7, 11) is -4.02. The minimum absolute atomic E-state index is 0.0700. The number of esters is 1. The number of sulfonamides is 1. The van der Waals surface area contributed by atoms with E-state index in [1.54, 1.807) is 19.9 Å². The molecule has 2 atom stereocenters. The molecule has 0 aromatic heterocycles. The zero-order valence-electron chi connectivity index (χ0n) is 17.7. The van der Waals surface area contributed by atoms with Crippen LogP contribution in [0, 0.1) is 5.92 Å². The van der Waals surface area contributed by atoms with Crippen LogP contribution in [-0.2, 0) is 24.3 Å². The molecule has 32 heavy (non-hydrogen) atoms. The molecule has 0 aliphatic carbocycles. The Labute approximate surface area is 192 Å². The van der Waals surface area contributed by atoms with Crippen molar-refractivity contribution in [1.82, 2.24) is 10.0 Å². The highest BCUT2D eigenvalue weighted by atomic mass is 35.5. The van der Waals surface area contributed by atoms with Crippen LogP contribution in [0.25, 0.3) is 0 Å². The number of amides is 1. The fraction of sp³-hybridized carbons (Fsp3) is 0.364. The zero-order valence-corrected chi connectivity index (χ0v) is 19.3. The molecule has 2 aromatic rings. The standard InChI is InChI=1S/C22H25ClN2O6S/c1-14(2)21(25-32(28,29)16-7-5-6-15(23)12-16)22(27)31-13-20(26)24-18-10-11-30-19-9-4-3-8-17(18)19/h3-9,12,14,18,21,25H,10-11,13H2,1-2H3,(H,24,26)/t18?,21-/m0/s1. The number of nitrogens with one attached hydrogen (secondary N) is 2. The maximum atomic E-state index is 12.7. The Balaban J connectivity index is 1.60. The second-order valence-corrected chi connectivity index (χ2v) is 9.85. The van der Waals surface area contributed by atoms with Crippen molar-refractivity contribution < 1.29 is 27.5 Å². The Bertz CT molecular complexity index is 1090. The van der Waals surface area contributed by atoms with E-state index >= 15 is 0 Å². The van der Waals surface area contributed by atoms with Crippen LogP contribution in [0.1, 0.15) is 31.9 Å². The Kier molecular flexibility index (Phi) is 7.76. The SMILES string of the molecule is CC(C)[C@H](NS(=O)(=O)c1cccc(Cl)c1)C(=O)OCC(=O)NC1CCOc2ccccc21. The summed E-state index contributed by atoms with van der Waals surface area (Å²) in [6.45, 7) is 3.28. The number of carbonyl (C=O) groups is 2. The lowest BCUT2D eigenvalue weighted by molar-refractivity contribution is -0.151. The number of benzene rings is 2. The first-order chi connectivity index (χ1) is 15.2. The van der Waals surface area contributed by atoms with Gasteiger partial charge in [0.2, 0.25) is 10.0 Å². The molecule has 10 heteroatoms. The van der Waals surface area contributed by atoms with E-state index in [9.17, 15) is 18.0 Å². The highest BCUT2D eigenvalue weighted by Crippen LogP contribution is 2.31. The number of ether oxygens (including phenoxy) is 2. The third-order valence-corrected chi connectivity index (χ3v) is 6.62. The van der Waals surface area contributed by atoms with Crippen molar-refractivity contribution in [2.24, 2.45) is 5.92 Å². The molecule has 172 valence electrons. The van der Waals surface area contributed by atoms with Crippen molar-refractivity contribution in [3.05, 3.63) is 59.1 Å². The summed E-state index contributed by atoms with van der Waals surface area (Å²) in [5.74, 6) is -1.04. The van der Waals surface area contributed by atoms with Gasteiger partial charge < -0.3 is 14.8 Å². The molecule has 1 aliphatic heterocycles. The monoisotopic (exact) mass is 480 g/mol. The van der Waals surface area contributed by atoms with Crippen LogP contribution in [-0.4, -0.2) is 39.5 Å². The average Bonchev–Trinajstić information content (AvgIpc) is 2.76. The first kappa shape index (κ1) is 24.0. The number of fused-ring (bicyclic) bond motifs is 1. The molecule has 0 bridgehead atoms. The van der Waals surface area contributed by atoms with Crippen LogP contribution >= 0.6 is 11.6 Å². The lowest BCUT2D eigenvalue weighted by Gasteiger charge is -2.26. The van der Waals surface area contributed by atoms with Crippen molar-refractivity contribution in [1.29, 1.82) is 0 Å². The van der Waals surface area contributed by atoms with Gasteiger partial charge in [-0.2, -0.15) is 4.72 Å². The van der Waals surface area contributed by atoms with Gasteiger partial charge in [0.05, 0.1) is 17.5 Å². The van der Waals surface area contributed by atoms with Crippen molar-refractivity contribution in [3.8, 4) is 5.75 Å². The number of para-hydroxylation sites is 1. The summed E-state index contributed by atoms with van der Waals surface area (Å²) < 4.78 is 38.3. The minimum atomic E-state index is -4.02. The molecule has 8 nitrogen and oxygen atoms in total. The molecular formula is C22H25ClN2O6S. The third kappa shape index (κ3) is 5.99. The van der Waals surface area contributed by atoms with Crippen LogP contribution in [0.5, 0.6) is 5.75 Å². The zero-order chi connectivity index (χ0) is 23.3. The van der Waals surface area contributed by atoms with Crippen LogP contribution < -0.4 is 14.8 Å². The van der Waals surface area contributed by atoms with E-state index < -0.39 is 40.5 Å². The van der Waals surface area contributed by atoms with Crippen LogP contribution in [0.3, 0.4) is 0 Å². The van der Waals surface area contributed by atoms with Gasteiger partial charge in [0.25, 0.3) is 5.91 Å². The van der Waals surface area contributed by atoms with Gasteiger partial charge >= 0.3 is 5.97 Å². The molecule has 0 radical (unpaired) electrons. The first-order valence-electron chi connectivity index (χ1n) is 10.1. The molecular weight excluding hydrogens is 456 g/mol. The van der Waals surface area contributed by atoms with Crippen molar-refractivity contribution in [2.75, 3.05) is 13.2 Å². The van der Waals surface area contributed by atoms with Crippen molar-refractivity contribution in [2.45, 2.75) is 37.2 Å². The van der Waals surface area contributed by atoms with E-state index in [4.69, 9.17) is 21.1 Å². The molecule has 2 N–H and O–H groups in total. The van der Waals surface area contributed by atoms with Crippen LogP contribution in [0.4, 0.5) is 0 Å². The topological polar surface area (TPSA) is 111 Å². The maximum absolute atomic E-state index is 12.7. The van der Waals surface area contributed by atoms with E-state index in [1.807, 2.05) is 24.3 Å². The molecule has 0 fully saturated rings. The van der Waals surface area contributed by atoms with E-state index in [0.29, 0.717) is 18.8 Å². The van der Waals surface area contributed by atoms with Crippen molar-refractivity contribution in [3.63, 3.8) is 0 Å². The lowest BCUT2D eigenvalue weighted by atomic mass is 10.0. The molecule has 0 saturated heterocycles. The average molecular weight is 481 g/mol. The van der Waals surface area contributed by atoms with Gasteiger partial charge in [0, 0.05) is 17.0 Å². The molecule has 0 saturated carbocycles. The maximum Gasteiger partial charge on any atom is 0.324 e. The van der Waals surface area contributed by atoms with E-state index in [-0.39, 0.29) is 16.0 Å². The molecule has 1 aliphatic rings. The van der Waals surface area contributed by atoms with Gasteiger partial charge in [0.1, 0.15) is 11.8 Å². The first-order valence-corrected chi connectivity index (χ1v) is 12.0. The predicted molar refractivity (Wildman–Crippen MR) is 119 cm³/mol. The second-order valence-electron chi connectivity index (χ2n) is 7.70. The highest BCUT2D eigenvalue weighted by molar-refractivity contribution is 7.89.